The van der Waals surface area contributed by atoms with Gasteiger partial charge < -0.3 is 0 Å². The molecule has 4 heteroatoms. The summed E-state index contributed by atoms with van der Waals surface area (Å²) < 4.78 is 0. The molecule has 0 aliphatic heterocycles. The third-order valence-electron chi connectivity index (χ3n) is 11.0. The summed E-state index contributed by atoms with van der Waals surface area (Å²) in [5, 5.41) is 2.20. The smallest absolute Gasteiger partial charge is 0.160 e. The van der Waals surface area contributed by atoms with E-state index in [-0.39, 0.29) is 0 Å². The van der Waals surface area contributed by atoms with Crippen molar-refractivity contribution >= 4 is 27.4 Å². The second kappa shape index (κ2) is 14.7. The van der Waals surface area contributed by atoms with Gasteiger partial charge in [0.25, 0.3) is 0 Å². The zero-order valence-corrected chi connectivity index (χ0v) is 31.5. The Morgan fingerprint density at radius 2 is 1.02 bits per heavy atom. The van der Waals surface area contributed by atoms with Crippen LogP contribution >= 0.6 is 0 Å². The molecule has 3 heterocycles. The summed E-state index contributed by atoms with van der Waals surface area (Å²) in [5.74, 6) is 1.09. The van der Waals surface area contributed by atoms with Crippen LogP contribution in [0.5, 0.6) is 0 Å². The lowest BCUT2D eigenvalue weighted by atomic mass is 9.90. The Hall–Kier alpha value is -7.30. The lowest BCUT2D eigenvalue weighted by Crippen LogP contribution is -2.03. The number of benzene rings is 6. The Kier molecular flexibility index (Phi) is 8.85. The average Bonchev–Trinajstić information content (AvgIpc) is 3.29. The minimum Gasteiger partial charge on any atom is -0.245 e. The van der Waals surface area contributed by atoms with Gasteiger partial charge in [-0.3, -0.25) is 0 Å². The average molecular weight is 731 g/mol. The molecule has 0 spiro atoms. The van der Waals surface area contributed by atoms with Crippen LogP contribution in [0.4, 0.5) is 0 Å². The molecule has 4 nitrogen and oxygen atoms in total. The SMILES string of the molecule is Cc1cc(-c2ccccc2)nc2c1ccc1ccc(-c3ccc(-c4cccc(-c5cc(-c6ccccc6)nc(C6=CCC(c7ccccc7)C=C6)n5)c4)cc3)nc12. The summed E-state index contributed by atoms with van der Waals surface area (Å²) in [6, 6.07) is 61.6. The van der Waals surface area contributed by atoms with Crippen molar-refractivity contribution in [2.24, 2.45) is 0 Å². The van der Waals surface area contributed by atoms with Gasteiger partial charge in [0.2, 0.25) is 0 Å². The number of allylic oxidation sites excluding steroid dienone is 4. The number of hydrogen-bond donors (Lipinski definition) is 0. The van der Waals surface area contributed by atoms with Gasteiger partial charge in [0.05, 0.1) is 33.8 Å². The summed E-state index contributed by atoms with van der Waals surface area (Å²) in [5.41, 5.74) is 15.6. The second-order valence-electron chi connectivity index (χ2n) is 14.7. The number of aromatic nitrogens is 4. The van der Waals surface area contributed by atoms with Crippen LogP contribution in [-0.4, -0.2) is 19.9 Å². The van der Waals surface area contributed by atoms with Gasteiger partial charge in [0.15, 0.2) is 5.82 Å². The maximum absolute atomic E-state index is 5.22. The topological polar surface area (TPSA) is 51.6 Å². The van der Waals surface area contributed by atoms with E-state index >= 15 is 0 Å². The highest BCUT2D eigenvalue weighted by Gasteiger charge is 2.17. The molecular weight excluding hydrogens is 693 g/mol. The van der Waals surface area contributed by atoms with E-state index in [9.17, 15) is 0 Å². The molecule has 9 aromatic rings. The molecule has 270 valence electrons. The molecule has 1 aliphatic rings. The third kappa shape index (κ3) is 6.83. The lowest BCUT2D eigenvalue weighted by Gasteiger charge is -2.17. The summed E-state index contributed by atoms with van der Waals surface area (Å²) in [7, 11) is 0. The first kappa shape index (κ1) is 34.2. The van der Waals surface area contributed by atoms with Crippen molar-refractivity contribution < 1.29 is 0 Å². The number of pyridine rings is 2. The zero-order chi connectivity index (χ0) is 38.1. The van der Waals surface area contributed by atoms with E-state index in [0.29, 0.717) is 5.92 Å². The first-order valence-corrected chi connectivity index (χ1v) is 19.5. The van der Waals surface area contributed by atoms with Crippen LogP contribution in [-0.2, 0) is 0 Å². The van der Waals surface area contributed by atoms with Crippen molar-refractivity contribution in [1.82, 2.24) is 19.9 Å². The standard InChI is InChI=1S/C53H38N4/c1-35-32-48(39-14-7-3-8-15-39)55-52-46(35)30-28-42-29-31-47(54-51(42)52)41-24-20-38(21-25-41)44-18-11-19-45(33-44)50-34-49(40-16-9-4-10-17-40)56-53(57-50)43-26-22-37(23-27-43)36-12-5-2-6-13-36/h2-22,24-34,37H,23H2,1H3. The van der Waals surface area contributed by atoms with E-state index in [1.165, 1.54) is 11.1 Å². The Bertz CT molecular complexity index is 2970. The highest BCUT2D eigenvalue weighted by atomic mass is 14.9. The van der Waals surface area contributed by atoms with Crippen molar-refractivity contribution in [2.75, 3.05) is 0 Å². The van der Waals surface area contributed by atoms with E-state index in [1.54, 1.807) is 0 Å². The van der Waals surface area contributed by atoms with Crippen molar-refractivity contribution in [2.45, 2.75) is 19.3 Å². The first-order chi connectivity index (χ1) is 28.1. The quantitative estimate of drug-likeness (QED) is 0.153. The van der Waals surface area contributed by atoms with Crippen molar-refractivity contribution in [1.29, 1.82) is 0 Å². The molecule has 0 saturated carbocycles. The summed E-state index contributed by atoms with van der Waals surface area (Å²) in [6.07, 6.45) is 7.64. The minimum atomic E-state index is 0.348. The van der Waals surface area contributed by atoms with Crippen LogP contribution in [0.15, 0.2) is 194 Å². The van der Waals surface area contributed by atoms with Crippen LogP contribution < -0.4 is 0 Å². The molecule has 0 saturated heterocycles. The fourth-order valence-corrected chi connectivity index (χ4v) is 7.86. The molecule has 6 aromatic carbocycles. The van der Waals surface area contributed by atoms with E-state index in [1.807, 2.05) is 12.1 Å². The van der Waals surface area contributed by atoms with Crippen LogP contribution in [0.25, 0.3) is 83.5 Å². The van der Waals surface area contributed by atoms with Gasteiger partial charge in [-0.1, -0.05) is 170 Å². The number of fused-ring (bicyclic) bond motifs is 3. The molecule has 1 aliphatic carbocycles. The van der Waals surface area contributed by atoms with Gasteiger partial charge in [0.1, 0.15) is 0 Å². The summed E-state index contributed by atoms with van der Waals surface area (Å²) >= 11 is 0. The maximum Gasteiger partial charge on any atom is 0.160 e. The maximum atomic E-state index is 5.22. The molecule has 57 heavy (non-hydrogen) atoms. The summed E-state index contributed by atoms with van der Waals surface area (Å²) in [6.45, 7) is 2.15. The van der Waals surface area contributed by atoms with E-state index in [0.717, 1.165) is 95.8 Å². The third-order valence-corrected chi connectivity index (χ3v) is 11.0. The predicted octanol–water partition coefficient (Wildman–Crippen LogP) is 13.3. The molecule has 0 amide bonds. The number of hydrogen-bond acceptors (Lipinski definition) is 4. The molecule has 3 aromatic heterocycles. The van der Waals surface area contributed by atoms with Crippen LogP contribution in [0.1, 0.15) is 29.3 Å². The van der Waals surface area contributed by atoms with Crippen LogP contribution in [0.3, 0.4) is 0 Å². The fraction of sp³-hybridized carbons (Fsp3) is 0.0566. The summed E-state index contributed by atoms with van der Waals surface area (Å²) in [4.78, 5) is 20.6. The Morgan fingerprint density at radius 1 is 0.439 bits per heavy atom. The molecular formula is C53H38N4. The van der Waals surface area contributed by atoms with Gasteiger partial charge in [-0.25, -0.2) is 19.9 Å². The fourth-order valence-electron chi connectivity index (χ4n) is 7.86. The molecule has 0 radical (unpaired) electrons. The number of nitrogens with zero attached hydrogens (tertiary/aromatic N) is 4. The van der Waals surface area contributed by atoms with Crippen LogP contribution in [0.2, 0.25) is 0 Å². The zero-order valence-electron chi connectivity index (χ0n) is 31.5. The van der Waals surface area contributed by atoms with E-state index in [4.69, 9.17) is 19.9 Å². The second-order valence-corrected chi connectivity index (χ2v) is 14.7. The number of rotatable bonds is 7. The molecule has 0 N–H and O–H groups in total. The molecule has 1 unspecified atom stereocenters. The minimum absolute atomic E-state index is 0.348. The highest BCUT2D eigenvalue weighted by Crippen LogP contribution is 2.35. The van der Waals surface area contributed by atoms with Crippen molar-refractivity contribution in [3.05, 3.63) is 211 Å². The van der Waals surface area contributed by atoms with E-state index < -0.39 is 0 Å². The molecule has 0 fully saturated rings. The predicted molar refractivity (Wildman–Crippen MR) is 235 cm³/mol. The Morgan fingerprint density at radius 3 is 1.72 bits per heavy atom. The van der Waals surface area contributed by atoms with Gasteiger partial charge in [-0.15, -0.1) is 0 Å². The highest BCUT2D eigenvalue weighted by molar-refractivity contribution is 6.05. The van der Waals surface area contributed by atoms with E-state index in [2.05, 4.69) is 189 Å². The van der Waals surface area contributed by atoms with Gasteiger partial charge in [0, 0.05) is 44.5 Å². The Labute approximate surface area is 332 Å². The molecule has 0 bridgehead atoms. The van der Waals surface area contributed by atoms with Crippen molar-refractivity contribution in [3.8, 4) is 56.2 Å². The molecule has 1 atom stereocenters. The Balaban J connectivity index is 0.973. The number of aryl methyl sites for hydroxylation is 1. The van der Waals surface area contributed by atoms with Gasteiger partial charge in [-0.05, 0) is 59.9 Å². The first-order valence-electron chi connectivity index (χ1n) is 19.5. The largest absolute Gasteiger partial charge is 0.245 e. The van der Waals surface area contributed by atoms with Crippen LogP contribution in [0, 0.1) is 6.92 Å². The lowest BCUT2D eigenvalue weighted by molar-refractivity contribution is 0.854. The monoisotopic (exact) mass is 730 g/mol. The normalized spacial score (nSPS) is 13.8. The van der Waals surface area contributed by atoms with Crippen molar-refractivity contribution in [3.63, 3.8) is 0 Å². The van der Waals surface area contributed by atoms with Gasteiger partial charge in [-0.2, -0.15) is 0 Å². The van der Waals surface area contributed by atoms with Gasteiger partial charge >= 0.3 is 0 Å². The molecule has 10 rings (SSSR count).